The SMILES string of the molecule is CCOc1ccc(Cl)cc1CCNC(N)=NCCCN1CCOCC1. The van der Waals surface area contributed by atoms with Gasteiger partial charge in [0.2, 0.25) is 0 Å². The van der Waals surface area contributed by atoms with Crippen molar-refractivity contribution in [1.29, 1.82) is 0 Å². The molecule has 2 rings (SSSR count). The number of guanidine groups is 1. The molecular weight excluding hydrogens is 340 g/mol. The van der Waals surface area contributed by atoms with Crippen molar-refractivity contribution in [3.05, 3.63) is 28.8 Å². The van der Waals surface area contributed by atoms with E-state index in [0.29, 0.717) is 24.1 Å². The fourth-order valence-corrected chi connectivity index (χ4v) is 2.93. The Morgan fingerprint density at radius 3 is 2.96 bits per heavy atom. The number of benzene rings is 1. The molecule has 0 amide bonds. The largest absolute Gasteiger partial charge is 0.494 e. The van der Waals surface area contributed by atoms with E-state index in [-0.39, 0.29) is 0 Å². The lowest BCUT2D eigenvalue weighted by atomic mass is 10.1. The maximum absolute atomic E-state index is 6.07. The van der Waals surface area contributed by atoms with Crippen molar-refractivity contribution in [2.45, 2.75) is 19.8 Å². The summed E-state index contributed by atoms with van der Waals surface area (Å²) >= 11 is 6.07. The van der Waals surface area contributed by atoms with Crippen molar-refractivity contribution in [1.82, 2.24) is 10.2 Å². The second-order valence-electron chi connectivity index (χ2n) is 5.94. The van der Waals surface area contributed by atoms with Crippen LogP contribution in [0.15, 0.2) is 23.2 Å². The Kier molecular flexibility index (Phi) is 8.86. The second-order valence-corrected chi connectivity index (χ2v) is 6.37. The molecule has 1 fully saturated rings. The third-order valence-electron chi connectivity index (χ3n) is 4.04. The minimum absolute atomic E-state index is 0.488. The summed E-state index contributed by atoms with van der Waals surface area (Å²) in [7, 11) is 0. The molecule has 0 aromatic heterocycles. The number of morpholine rings is 1. The number of nitrogens with two attached hydrogens (primary N) is 1. The molecule has 1 aromatic rings. The van der Waals surface area contributed by atoms with Crippen molar-refractivity contribution in [3.8, 4) is 5.75 Å². The summed E-state index contributed by atoms with van der Waals surface area (Å²) in [5.41, 5.74) is 7.00. The zero-order valence-electron chi connectivity index (χ0n) is 15.0. The van der Waals surface area contributed by atoms with E-state index in [0.717, 1.165) is 63.5 Å². The molecule has 0 saturated carbocycles. The fourth-order valence-electron chi connectivity index (χ4n) is 2.74. The predicted molar refractivity (Wildman–Crippen MR) is 103 cm³/mol. The van der Waals surface area contributed by atoms with Crippen LogP contribution >= 0.6 is 11.6 Å². The molecule has 1 heterocycles. The summed E-state index contributed by atoms with van der Waals surface area (Å²) in [6.45, 7) is 8.77. The van der Waals surface area contributed by atoms with Gasteiger partial charge < -0.3 is 20.5 Å². The fraction of sp³-hybridized carbons (Fsp3) is 0.611. The van der Waals surface area contributed by atoms with Gasteiger partial charge in [-0.2, -0.15) is 0 Å². The van der Waals surface area contributed by atoms with E-state index in [4.69, 9.17) is 26.8 Å². The zero-order chi connectivity index (χ0) is 17.9. The lowest BCUT2D eigenvalue weighted by Crippen LogP contribution is -2.37. The Hall–Kier alpha value is -1.50. The highest BCUT2D eigenvalue weighted by molar-refractivity contribution is 6.30. The molecular formula is C18H29ClN4O2. The number of hydrogen-bond acceptors (Lipinski definition) is 4. The number of aliphatic imine (C=N–C) groups is 1. The van der Waals surface area contributed by atoms with Gasteiger partial charge in [-0.3, -0.25) is 9.89 Å². The van der Waals surface area contributed by atoms with Crippen LogP contribution in [-0.2, 0) is 11.2 Å². The highest BCUT2D eigenvalue weighted by Crippen LogP contribution is 2.23. The molecule has 0 atom stereocenters. The second kappa shape index (κ2) is 11.2. The lowest BCUT2D eigenvalue weighted by Gasteiger charge is -2.26. The number of nitrogens with zero attached hydrogens (tertiary/aromatic N) is 2. The first-order valence-electron chi connectivity index (χ1n) is 8.94. The zero-order valence-corrected chi connectivity index (χ0v) is 15.7. The summed E-state index contributed by atoms with van der Waals surface area (Å²) in [5, 5.41) is 3.87. The molecule has 1 saturated heterocycles. The van der Waals surface area contributed by atoms with Crippen LogP contribution in [0.3, 0.4) is 0 Å². The van der Waals surface area contributed by atoms with E-state index in [1.165, 1.54) is 0 Å². The summed E-state index contributed by atoms with van der Waals surface area (Å²) in [4.78, 5) is 6.78. The number of hydrogen-bond donors (Lipinski definition) is 2. The van der Waals surface area contributed by atoms with Gasteiger partial charge >= 0.3 is 0 Å². The van der Waals surface area contributed by atoms with Crippen LogP contribution in [0.25, 0.3) is 0 Å². The van der Waals surface area contributed by atoms with Crippen LogP contribution < -0.4 is 15.8 Å². The molecule has 1 aliphatic heterocycles. The number of rotatable bonds is 9. The van der Waals surface area contributed by atoms with Gasteiger partial charge in [-0.15, -0.1) is 0 Å². The molecule has 6 nitrogen and oxygen atoms in total. The summed E-state index contributed by atoms with van der Waals surface area (Å²) in [5.74, 6) is 1.36. The van der Waals surface area contributed by atoms with E-state index in [1.54, 1.807) is 0 Å². The number of halogens is 1. The van der Waals surface area contributed by atoms with E-state index in [1.807, 2.05) is 25.1 Å². The Bertz CT molecular complexity index is 548. The van der Waals surface area contributed by atoms with E-state index in [2.05, 4.69) is 15.2 Å². The summed E-state index contributed by atoms with van der Waals surface area (Å²) in [6, 6.07) is 5.68. The minimum Gasteiger partial charge on any atom is -0.494 e. The molecule has 0 unspecified atom stereocenters. The molecule has 7 heteroatoms. The molecule has 1 aliphatic rings. The lowest BCUT2D eigenvalue weighted by molar-refractivity contribution is 0.0377. The maximum atomic E-state index is 6.07. The van der Waals surface area contributed by atoms with E-state index < -0.39 is 0 Å². The molecule has 1 aromatic carbocycles. The first kappa shape index (κ1) is 19.8. The van der Waals surface area contributed by atoms with Crippen LogP contribution in [0.1, 0.15) is 18.9 Å². The van der Waals surface area contributed by atoms with E-state index >= 15 is 0 Å². The Balaban J connectivity index is 1.67. The van der Waals surface area contributed by atoms with Gasteiger partial charge in [0.25, 0.3) is 0 Å². The molecule has 140 valence electrons. The van der Waals surface area contributed by atoms with Crippen molar-refractivity contribution in [3.63, 3.8) is 0 Å². The molecule has 0 bridgehead atoms. The molecule has 25 heavy (non-hydrogen) atoms. The quantitative estimate of drug-likeness (QED) is 0.396. The van der Waals surface area contributed by atoms with Crippen LogP contribution in [0, 0.1) is 0 Å². The molecule has 3 N–H and O–H groups in total. The topological polar surface area (TPSA) is 72.1 Å². The smallest absolute Gasteiger partial charge is 0.188 e. The Labute approximate surface area is 155 Å². The average molecular weight is 369 g/mol. The first-order chi connectivity index (χ1) is 12.2. The third kappa shape index (κ3) is 7.50. The number of ether oxygens (including phenoxy) is 2. The van der Waals surface area contributed by atoms with Gasteiger partial charge in [0.15, 0.2) is 5.96 Å². The van der Waals surface area contributed by atoms with Crippen molar-refractivity contribution >= 4 is 17.6 Å². The summed E-state index contributed by atoms with van der Waals surface area (Å²) in [6.07, 6.45) is 1.78. The molecule has 0 spiro atoms. The standard InChI is InChI=1S/C18H29ClN4O2/c1-2-25-17-5-4-16(19)14-15(17)6-8-22-18(20)21-7-3-9-23-10-12-24-13-11-23/h4-5,14H,2-3,6-13H2,1H3,(H3,20,21,22). The highest BCUT2D eigenvalue weighted by Gasteiger charge is 2.09. The van der Waals surface area contributed by atoms with Crippen molar-refractivity contribution in [2.24, 2.45) is 10.7 Å². The van der Waals surface area contributed by atoms with Crippen LogP contribution in [0.4, 0.5) is 0 Å². The maximum Gasteiger partial charge on any atom is 0.188 e. The van der Waals surface area contributed by atoms with Crippen molar-refractivity contribution in [2.75, 3.05) is 52.5 Å². The van der Waals surface area contributed by atoms with Crippen LogP contribution in [-0.4, -0.2) is 63.4 Å². The predicted octanol–water partition coefficient (Wildman–Crippen LogP) is 1.91. The Morgan fingerprint density at radius 2 is 2.20 bits per heavy atom. The van der Waals surface area contributed by atoms with Gasteiger partial charge in [-0.05, 0) is 43.5 Å². The van der Waals surface area contributed by atoms with Crippen LogP contribution in [0.2, 0.25) is 5.02 Å². The van der Waals surface area contributed by atoms with Gasteiger partial charge in [-0.1, -0.05) is 11.6 Å². The third-order valence-corrected chi connectivity index (χ3v) is 4.28. The minimum atomic E-state index is 0.488. The molecule has 0 radical (unpaired) electrons. The normalized spacial score (nSPS) is 16.0. The van der Waals surface area contributed by atoms with E-state index in [9.17, 15) is 0 Å². The highest BCUT2D eigenvalue weighted by atomic mass is 35.5. The van der Waals surface area contributed by atoms with Crippen LogP contribution in [0.5, 0.6) is 5.75 Å². The first-order valence-corrected chi connectivity index (χ1v) is 9.32. The van der Waals surface area contributed by atoms with Crippen molar-refractivity contribution < 1.29 is 9.47 Å². The molecule has 0 aliphatic carbocycles. The summed E-state index contributed by atoms with van der Waals surface area (Å²) < 4.78 is 11.0. The van der Waals surface area contributed by atoms with Gasteiger partial charge in [-0.25, -0.2) is 0 Å². The number of nitrogens with one attached hydrogen (secondary N) is 1. The monoisotopic (exact) mass is 368 g/mol. The van der Waals surface area contributed by atoms with Gasteiger partial charge in [0, 0.05) is 37.7 Å². The van der Waals surface area contributed by atoms with Gasteiger partial charge in [0.05, 0.1) is 19.8 Å². The Morgan fingerprint density at radius 1 is 1.40 bits per heavy atom. The van der Waals surface area contributed by atoms with Gasteiger partial charge in [0.1, 0.15) is 5.75 Å². The average Bonchev–Trinajstić information content (AvgIpc) is 2.62.